The highest BCUT2D eigenvalue weighted by atomic mass is 31.0. The Morgan fingerprint density at radius 2 is 1.39 bits per heavy atom. The molecule has 1 unspecified atom stereocenters. The largest absolute Gasteiger partial charge is 0.105 e. The van der Waals surface area contributed by atoms with Gasteiger partial charge in [0, 0.05) is 0 Å². The molecule has 0 nitrogen and oxygen atoms in total. The van der Waals surface area contributed by atoms with Gasteiger partial charge in [-0.15, -0.1) is 9.24 Å². The van der Waals surface area contributed by atoms with Crippen LogP contribution in [-0.2, 0) is 6.42 Å². The van der Waals surface area contributed by atoms with E-state index in [1.54, 1.807) is 11.1 Å². The average Bonchev–Trinajstić information content (AvgIpc) is 2.75. The predicted molar refractivity (Wildman–Crippen MR) is 127 cm³/mol. The van der Waals surface area contributed by atoms with Crippen molar-refractivity contribution in [1.29, 1.82) is 0 Å². The minimum absolute atomic E-state index is 0.775. The van der Waals surface area contributed by atoms with Crippen molar-refractivity contribution in [3.63, 3.8) is 0 Å². The minimum Gasteiger partial charge on any atom is -0.105 e. The van der Waals surface area contributed by atoms with Gasteiger partial charge in [-0.25, -0.2) is 0 Å². The Balaban J connectivity index is 1.81. The Labute approximate surface area is 174 Å². The molecule has 0 aliphatic heterocycles. The Morgan fingerprint density at radius 1 is 0.750 bits per heavy atom. The first-order valence-corrected chi connectivity index (χ1v) is 12.4. The molecule has 0 bridgehead atoms. The Kier molecular flexibility index (Phi) is 6.90. The van der Waals surface area contributed by atoms with Gasteiger partial charge in [0.05, 0.1) is 0 Å². The molecule has 2 aliphatic rings. The fourth-order valence-corrected chi connectivity index (χ4v) is 6.43. The van der Waals surface area contributed by atoms with Crippen molar-refractivity contribution in [2.75, 3.05) is 0 Å². The zero-order valence-electron chi connectivity index (χ0n) is 17.7. The fourth-order valence-electron chi connectivity index (χ4n) is 5.77. The van der Waals surface area contributed by atoms with Crippen LogP contribution in [0.3, 0.4) is 0 Å². The maximum atomic E-state index is 3.20. The van der Waals surface area contributed by atoms with Crippen LogP contribution in [0.5, 0.6) is 0 Å². The van der Waals surface area contributed by atoms with Crippen molar-refractivity contribution in [2.45, 2.75) is 95.8 Å². The number of rotatable bonds is 5. The van der Waals surface area contributed by atoms with E-state index < -0.39 is 0 Å². The Hall–Kier alpha value is -1.13. The second-order valence-corrected chi connectivity index (χ2v) is 9.68. The summed E-state index contributed by atoms with van der Waals surface area (Å²) in [4.78, 5) is 0. The molecule has 0 amide bonds. The third-order valence-corrected chi connectivity index (χ3v) is 7.83. The lowest BCUT2D eigenvalue weighted by atomic mass is 9.75. The smallest absolute Gasteiger partial charge is 0.0106 e. The second kappa shape index (κ2) is 9.58. The monoisotopic (exact) mass is 392 g/mol. The molecule has 1 heteroatoms. The summed E-state index contributed by atoms with van der Waals surface area (Å²) >= 11 is 0. The number of hydrogen-bond acceptors (Lipinski definition) is 0. The highest BCUT2D eigenvalue weighted by Gasteiger charge is 2.27. The van der Waals surface area contributed by atoms with Gasteiger partial charge >= 0.3 is 0 Å². The zero-order chi connectivity index (χ0) is 19.3. The summed E-state index contributed by atoms with van der Waals surface area (Å²) in [5, 5.41) is 1.51. The van der Waals surface area contributed by atoms with Gasteiger partial charge in [0.2, 0.25) is 0 Å². The normalized spacial score (nSPS) is 19.1. The van der Waals surface area contributed by atoms with Crippen molar-refractivity contribution in [3.05, 3.63) is 53.1 Å². The average molecular weight is 393 g/mol. The van der Waals surface area contributed by atoms with Crippen LogP contribution < -0.4 is 5.30 Å². The molecule has 2 fully saturated rings. The van der Waals surface area contributed by atoms with E-state index in [-0.39, 0.29) is 0 Å². The molecule has 150 valence electrons. The van der Waals surface area contributed by atoms with Gasteiger partial charge in [0.25, 0.3) is 0 Å². The molecule has 0 radical (unpaired) electrons. The van der Waals surface area contributed by atoms with Crippen LogP contribution in [0.1, 0.15) is 106 Å². The molecule has 4 rings (SSSR count). The molecule has 2 saturated carbocycles. The molecular weight excluding hydrogens is 355 g/mol. The van der Waals surface area contributed by atoms with E-state index in [0.717, 1.165) is 11.8 Å². The first kappa shape index (κ1) is 20.2. The van der Waals surface area contributed by atoms with Crippen molar-refractivity contribution in [1.82, 2.24) is 0 Å². The second-order valence-electron chi connectivity index (χ2n) is 9.11. The van der Waals surface area contributed by atoms with Gasteiger partial charge in [-0.1, -0.05) is 88.3 Å². The van der Waals surface area contributed by atoms with E-state index in [4.69, 9.17) is 0 Å². The summed E-state index contributed by atoms with van der Waals surface area (Å²) in [6, 6.07) is 14.1. The van der Waals surface area contributed by atoms with E-state index in [2.05, 4.69) is 52.6 Å². The molecule has 0 heterocycles. The topological polar surface area (TPSA) is 0 Å². The van der Waals surface area contributed by atoms with Gasteiger partial charge in [-0.05, 0) is 77.1 Å². The summed E-state index contributed by atoms with van der Waals surface area (Å²) in [6.07, 6.45) is 16.5. The predicted octanol–water partition coefficient (Wildman–Crippen LogP) is 7.90. The van der Waals surface area contributed by atoms with Crippen LogP contribution in [0.15, 0.2) is 36.4 Å². The lowest BCUT2D eigenvalue weighted by Gasteiger charge is -2.32. The van der Waals surface area contributed by atoms with Gasteiger partial charge in [-0.2, -0.15) is 0 Å². The first-order chi connectivity index (χ1) is 13.8. The molecule has 2 aromatic rings. The third kappa shape index (κ3) is 4.23. The van der Waals surface area contributed by atoms with Crippen molar-refractivity contribution in [3.8, 4) is 11.1 Å². The van der Waals surface area contributed by atoms with E-state index in [1.807, 2.05) is 0 Å². The van der Waals surface area contributed by atoms with Crippen molar-refractivity contribution >= 4 is 14.5 Å². The molecule has 2 aliphatic carbocycles. The first-order valence-electron chi connectivity index (χ1n) is 11.8. The van der Waals surface area contributed by atoms with Gasteiger partial charge < -0.3 is 0 Å². The van der Waals surface area contributed by atoms with Crippen molar-refractivity contribution in [2.24, 2.45) is 0 Å². The number of aryl methyl sites for hydroxylation is 1. The van der Waals surface area contributed by atoms with E-state index in [9.17, 15) is 0 Å². The summed E-state index contributed by atoms with van der Waals surface area (Å²) in [5.74, 6) is 1.57. The van der Waals surface area contributed by atoms with Crippen LogP contribution in [0.4, 0.5) is 0 Å². The zero-order valence-corrected chi connectivity index (χ0v) is 18.8. The minimum atomic E-state index is 0.775. The summed E-state index contributed by atoms with van der Waals surface area (Å²) in [6.45, 7) is 2.29. The standard InChI is InChI=1S/C27H37P/c1-2-11-20-14-9-10-17-23(20)25-19-18-24(21-12-5-3-6-13-21)26(27(25)28)22-15-7-4-8-16-22/h9-10,14,17-19,21-22H,2-8,11-13,15-16,28H2,1H3. The number of hydrogen-bond donors (Lipinski definition) is 0. The molecule has 0 N–H and O–H groups in total. The molecule has 28 heavy (non-hydrogen) atoms. The molecule has 0 aromatic heterocycles. The molecule has 0 saturated heterocycles. The maximum absolute atomic E-state index is 3.20. The molecule has 0 spiro atoms. The Morgan fingerprint density at radius 3 is 2.07 bits per heavy atom. The van der Waals surface area contributed by atoms with E-state index >= 15 is 0 Å². The summed E-state index contributed by atoms with van der Waals surface area (Å²) in [5.41, 5.74) is 7.86. The van der Waals surface area contributed by atoms with Crippen molar-refractivity contribution < 1.29 is 0 Å². The van der Waals surface area contributed by atoms with Crippen LogP contribution in [0.2, 0.25) is 0 Å². The Bertz CT molecular complexity index is 779. The summed E-state index contributed by atoms with van der Waals surface area (Å²) in [7, 11) is 3.20. The van der Waals surface area contributed by atoms with E-state index in [1.165, 1.54) is 99.0 Å². The SMILES string of the molecule is CCCc1ccccc1-c1ccc(C2CCCCC2)c(C2CCCCC2)c1P. The lowest BCUT2D eigenvalue weighted by molar-refractivity contribution is 0.420. The van der Waals surface area contributed by atoms with E-state index in [0.29, 0.717) is 0 Å². The van der Waals surface area contributed by atoms with Gasteiger partial charge in [0.15, 0.2) is 0 Å². The summed E-state index contributed by atoms with van der Waals surface area (Å²) < 4.78 is 0. The van der Waals surface area contributed by atoms with Crippen LogP contribution in [0, 0.1) is 0 Å². The molecular formula is C27H37P. The lowest BCUT2D eigenvalue weighted by Crippen LogP contribution is -2.19. The molecule has 2 aromatic carbocycles. The number of benzene rings is 2. The fraction of sp³-hybridized carbons (Fsp3) is 0.556. The molecule has 1 atom stereocenters. The third-order valence-electron chi connectivity index (χ3n) is 7.21. The highest BCUT2D eigenvalue weighted by Crippen LogP contribution is 2.42. The van der Waals surface area contributed by atoms with Gasteiger partial charge in [-0.3, -0.25) is 0 Å². The van der Waals surface area contributed by atoms with Crippen LogP contribution >= 0.6 is 9.24 Å². The maximum Gasteiger partial charge on any atom is -0.0106 e. The van der Waals surface area contributed by atoms with Crippen LogP contribution in [0.25, 0.3) is 11.1 Å². The highest BCUT2D eigenvalue weighted by molar-refractivity contribution is 7.28. The van der Waals surface area contributed by atoms with Gasteiger partial charge in [0.1, 0.15) is 0 Å². The quantitative estimate of drug-likeness (QED) is 0.454. The van der Waals surface area contributed by atoms with Crippen LogP contribution in [-0.4, -0.2) is 0 Å².